The minimum atomic E-state index is -0.217. The molecule has 0 fully saturated rings. The number of hydrogen-bond acceptors (Lipinski definition) is 2. The Morgan fingerprint density at radius 1 is 1.38 bits per heavy atom. The zero-order valence-electron chi connectivity index (χ0n) is 8.62. The van der Waals surface area contributed by atoms with Gasteiger partial charge in [0.2, 0.25) is 0 Å². The van der Waals surface area contributed by atoms with Gasteiger partial charge in [-0.1, -0.05) is 0 Å². The van der Waals surface area contributed by atoms with Crippen molar-refractivity contribution in [3.05, 3.63) is 0 Å². The van der Waals surface area contributed by atoms with Crippen LogP contribution in [0.2, 0.25) is 0 Å². The van der Waals surface area contributed by atoms with Gasteiger partial charge in [0.1, 0.15) is 0 Å². The molecule has 0 radical (unpaired) electrons. The van der Waals surface area contributed by atoms with E-state index in [2.05, 4.69) is 5.92 Å². The van der Waals surface area contributed by atoms with Crippen LogP contribution in [0.1, 0.15) is 39.0 Å². The van der Waals surface area contributed by atoms with Crippen LogP contribution in [0.25, 0.3) is 0 Å². The molecule has 2 atom stereocenters. The van der Waals surface area contributed by atoms with E-state index in [1.54, 1.807) is 7.11 Å². The Labute approximate surface area is 81.3 Å². The van der Waals surface area contributed by atoms with Crippen molar-refractivity contribution in [3.8, 4) is 12.3 Å². The van der Waals surface area contributed by atoms with Gasteiger partial charge in [-0.15, -0.1) is 12.3 Å². The van der Waals surface area contributed by atoms with Crippen molar-refractivity contribution in [1.82, 2.24) is 0 Å². The molecule has 0 spiro atoms. The van der Waals surface area contributed by atoms with Crippen LogP contribution in [-0.4, -0.2) is 24.4 Å². The Hall–Kier alpha value is -0.520. The predicted octanol–water partition coefficient (Wildman–Crippen LogP) is 1.97. The van der Waals surface area contributed by atoms with E-state index in [0.29, 0.717) is 0 Å². The quantitative estimate of drug-likeness (QED) is 0.484. The van der Waals surface area contributed by atoms with E-state index in [0.717, 1.165) is 32.1 Å². The maximum Gasteiger partial charge on any atom is 0.0544 e. The zero-order valence-corrected chi connectivity index (χ0v) is 8.62. The fraction of sp³-hybridized carbons (Fsp3) is 0.818. The average Bonchev–Trinajstić information content (AvgIpc) is 2.14. The highest BCUT2D eigenvalue weighted by molar-refractivity contribution is 4.83. The molecular formula is C11H20O2. The monoisotopic (exact) mass is 184 g/mol. The van der Waals surface area contributed by atoms with Crippen molar-refractivity contribution in [2.75, 3.05) is 7.11 Å². The van der Waals surface area contributed by atoms with E-state index >= 15 is 0 Å². The molecule has 0 rings (SSSR count). The van der Waals surface area contributed by atoms with E-state index in [-0.39, 0.29) is 12.2 Å². The van der Waals surface area contributed by atoms with E-state index in [4.69, 9.17) is 11.2 Å². The molecule has 0 aliphatic carbocycles. The highest BCUT2D eigenvalue weighted by atomic mass is 16.5. The molecule has 0 aliphatic rings. The second-order valence-electron chi connectivity index (χ2n) is 3.37. The Kier molecular flexibility index (Phi) is 7.77. The normalized spacial score (nSPS) is 14.9. The average molecular weight is 184 g/mol. The molecule has 13 heavy (non-hydrogen) atoms. The third-order valence-electron chi connectivity index (χ3n) is 2.17. The number of terminal acetylenes is 1. The van der Waals surface area contributed by atoms with Gasteiger partial charge >= 0.3 is 0 Å². The Balaban J connectivity index is 3.30. The van der Waals surface area contributed by atoms with Crippen LogP contribution >= 0.6 is 0 Å². The van der Waals surface area contributed by atoms with Crippen LogP contribution in [0.3, 0.4) is 0 Å². The standard InChI is InChI=1S/C11H20O2/c1-4-5-6-7-11(12)9-8-10(2)13-3/h1,10-12H,5-9H2,2-3H3. The van der Waals surface area contributed by atoms with Crippen LogP contribution in [0.15, 0.2) is 0 Å². The number of unbranched alkanes of at least 4 members (excludes halogenated alkanes) is 1. The largest absolute Gasteiger partial charge is 0.393 e. The minimum Gasteiger partial charge on any atom is -0.393 e. The van der Waals surface area contributed by atoms with Crippen molar-refractivity contribution in [1.29, 1.82) is 0 Å². The van der Waals surface area contributed by atoms with Crippen LogP contribution < -0.4 is 0 Å². The maximum absolute atomic E-state index is 9.50. The molecule has 0 aromatic heterocycles. The van der Waals surface area contributed by atoms with Gasteiger partial charge in [-0.2, -0.15) is 0 Å². The van der Waals surface area contributed by atoms with Gasteiger partial charge in [-0.05, 0) is 32.6 Å². The lowest BCUT2D eigenvalue weighted by molar-refractivity contribution is 0.0820. The van der Waals surface area contributed by atoms with Gasteiger partial charge in [0.05, 0.1) is 12.2 Å². The Morgan fingerprint density at radius 3 is 2.62 bits per heavy atom. The first-order valence-electron chi connectivity index (χ1n) is 4.85. The molecule has 0 aromatic rings. The molecule has 2 nitrogen and oxygen atoms in total. The summed E-state index contributed by atoms with van der Waals surface area (Å²) in [7, 11) is 1.69. The molecule has 1 N–H and O–H groups in total. The minimum absolute atomic E-state index is 0.217. The maximum atomic E-state index is 9.50. The van der Waals surface area contributed by atoms with Gasteiger partial charge < -0.3 is 9.84 Å². The lowest BCUT2D eigenvalue weighted by Crippen LogP contribution is -2.12. The molecule has 0 bridgehead atoms. The number of hydrogen-bond donors (Lipinski definition) is 1. The lowest BCUT2D eigenvalue weighted by Gasteiger charge is -2.12. The smallest absolute Gasteiger partial charge is 0.0544 e. The summed E-state index contributed by atoms with van der Waals surface area (Å²) in [6.07, 6.45) is 9.33. The molecule has 0 aromatic carbocycles. The summed E-state index contributed by atoms with van der Waals surface area (Å²) in [4.78, 5) is 0. The van der Waals surface area contributed by atoms with Crippen molar-refractivity contribution < 1.29 is 9.84 Å². The third-order valence-corrected chi connectivity index (χ3v) is 2.17. The molecule has 0 amide bonds. The van der Waals surface area contributed by atoms with E-state index in [1.165, 1.54) is 0 Å². The molecule has 0 saturated heterocycles. The number of aliphatic hydroxyl groups excluding tert-OH is 1. The zero-order chi connectivity index (χ0) is 10.1. The summed E-state index contributed by atoms with van der Waals surface area (Å²) in [6.45, 7) is 2.01. The van der Waals surface area contributed by atoms with Gasteiger partial charge in [-0.25, -0.2) is 0 Å². The molecule has 0 saturated carbocycles. The lowest BCUT2D eigenvalue weighted by atomic mass is 10.1. The Bertz CT molecular complexity index is 149. The van der Waals surface area contributed by atoms with Crippen molar-refractivity contribution >= 4 is 0 Å². The van der Waals surface area contributed by atoms with Crippen LogP contribution in [0.5, 0.6) is 0 Å². The van der Waals surface area contributed by atoms with Crippen LogP contribution in [0, 0.1) is 12.3 Å². The number of ether oxygens (including phenoxy) is 1. The fourth-order valence-corrected chi connectivity index (χ4v) is 1.13. The Morgan fingerprint density at radius 2 is 2.08 bits per heavy atom. The molecule has 0 aliphatic heterocycles. The van der Waals surface area contributed by atoms with E-state index in [9.17, 15) is 5.11 Å². The third kappa shape index (κ3) is 7.83. The molecule has 0 heterocycles. The van der Waals surface area contributed by atoms with E-state index in [1.807, 2.05) is 6.92 Å². The summed E-state index contributed by atoms with van der Waals surface area (Å²) >= 11 is 0. The SMILES string of the molecule is C#CCCCC(O)CCC(C)OC. The second-order valence-corrected chi connectivity index (χ2v) is 3.37. The first kappa shape index (κ1) is 12.5. The highest BCUT2D eigenvalue weighted by Gasteiger charge is 2.06. The highest BCUT2D eigenvalue weighted by Crippen LogP contribution is 2.09. The summed E-state index contributed by atoms with van der Waals surface area (Å²) < 4.78 is 5.08. The van der Waals surface area contributed by atoms with Crippen molar-refractivity contribution in [2.45, 2.75) is 51.2 Å². The van der Waals surface area contributed by atoms with Crippen molar-refractivity contribution in [3.63, 3.8) is 0 Å². The number of aliphatic hydroxyl groups is 1. The topological polar surface area (TPSA) is 29.5 Å². The van der Waals surface area contributed by atoms with Crippen molar-refractivity contribution in [2.24, 2.45) is 0 Å². The van der Waals surface area contributed by atoms with Crippen LogP contribution in [0.4, 0.5) is 0 Å². The summed E-state index contributed by atoms with van der Waals surface area (Å²) in [5, 5.41) is 9.50. The van der Waals surface area contributed by atoms with E-state index < -0.39 is 0 Å². The van der Waals surface area contributed by atoms with Gasteiger partial charge in [0, 0.05) is 13.5 Å². The van der Waals surface area contributed by atoms with Gasteiger partial charge in [0.15, 0.2) is 0 Å². The second kappa shape index (κ2) is 8.10. The molecule has 76 valence electrons. The van der Waals surface area contributed by atoms with Crippen LogP contribution in [-0.2, 0) is 4.74 Å². The van der Waals surface area contributed by atoms with Gasteiger partial charge in [0.25, 0.3) is 0 Å². The molecular weight excluding hydrogens is 164 g/mol. The summed E-state index contributed by atoms with van der Waals surface area (Å²) in [5.74, 6) is 2.56. The van der Waals surface area contributed by atoms with Gasteiger partial charge in [-0.3, -0.25) is 0 Å². The molecule has 2 heteroatoms. The first-order valence-corrected chi connectivity index (χ1v) is 4.85. The predicted molar refractivity (Wildman–Crippen MR) is 54.4 cm³/mol. The summed E-state index contributed by atoms with van der Waals surface area (Å²) in [5.41, 5.74) is 0. The molecule has 2 unspecified atom stereocenters. The number of rotatable bonds is 7. The summed E-state index contributed by atoms with van der Waals surface area (Å²) in [6, 6.07) is 0. The number of methoxy groups -OCH3 is 1. The fourth-order valence-electron chi connectivity index (χ4n) is 1.13. The first-order chi connectivity index (χ1) is 6.20.